The lowest BCUT2D eigenvalue weighted by molar-refractivity contribution is -0.137. The van der Waals surface area contributed by atoms with Gasteiger partial charge in [0.25, 0.3) is 5.91 Å². The highest BCUT2D eigenvalue weighted by Gasteiger charge is 2.54. The van der Waals surface area contributed by atoms with Gasteiger partial charge in [0.05, 0.1) is 0 Å². The molecular formula is C24H25N3O3. The SMILES string of the molecule is CCN(C(=O)CN1C(=O)NC(c2ccccc2)(c2ccccc2)C1=O)C1=CCCC1. The van der Waals surface area contributed by atoms with Crippen LogP contribution < -0.4 is 5.32 Å². The lowest BCUT2D eigenvalue weighted by atomic mass is 9.82. The summed E-state index contributed by atoms with van der Waals surface area (Å²) in [6.45, 7) is 2.13. The molecule has 1 aliphatic carbocycles. The number of benzene rings is 2. The molecule has 0 bridgehead atoms. The summed E-state index contributed by atoms with van der Waals surface area (Å²) < 4.78 is 0. The first kappa shape index (κ1) is 19.9. The second-order valence-electron chi connectivity index (χ2n) is 7.53. The van der Waals surface area contributed by atoms with Gasteiger partial charge in [-0.1, -0.05) is 66.7 Å². The second-order valence-corrected chi connectivity index (χ2v) is 7.53. The minimum Gasteiger partial charge on any atom is -0.315 e. The Morgan fingerprint density at radius 2 is 1.63 bits per heavy atom. The molecule has 1 N–H and O–H groups in total. The molecule has 0 saturated carbocycles. The quantitative estimate of drug-likeness (QED) is 0.752. The molecule has 2 aliphatic rings. The Hall–Kier alpha value is -3.41. The molecule has 0 radical (unpaired) electrons. The van der Waals surface area contributed by atoms with Crippen molar-refractivity contribution in [1.82, 2.24) is 15.1 Å². The number of nitrogens with zero attached hydrogens (tertiary/aromatic N) is 2. The van der Waals surface area contributed by atoms with Gasteiger partial charge in [-0.25, -0.2) is 4.79 Å². The first-order valence-electron chi connectivity index (χ1n) is 10.3. The average Bonchev–Trinajstić information content (AvgIpc) is 3.39. The molecule has 2 aromatic carbocycles. The van der Waals surface area contributed by atoms with Gasteiger partial charge in [0.1, 0.15) is 6.54 Å². The summed E-state index contributed by atoms with van der Waals surface area (Å²) in [5.41, 5.74) is 0.960. The summed E-state index contributed by atoms with van der Waals surface area (Å²) in [6.07, 6.45) is 4.88. The number of hydrogen-bond acceptors (Lipinski definition) is 3. The molecule has 6 heteroatoms. The van der Waals surface area contributed by atoms with E-state index in [4.69, 9.17) is 0 Å². The number of carbonyl (C=O) groups is 3. The van der Waals surface area contributed by atoms with Crippen molar-refractivity contribution in [1.29, 1.82) is 0 Å². The normalized spacial score (nSPS) is 17.6. The van der Waals surface area contributed by atoms with Gasteiger partial charge < -0.3 is 10.2 Å². The molecular weight excluding hydrogens is 378 g/mol. The maximum absolute atomic E-state index is 13.7. The smallest absolute Gasteiger partial charge is 0.315 e. The fourth-order valence-electron chi connectivity index (χ4n) is 4.31. The van der Waals surface area contributed by atoms with E-state index in [1.807, 2.05) is 67.6 Å². The van der Waals surface area contributed by atoms with E-state index in [0.717, 1.165) is 29.9 Å². The van der Waals surface area contributed by atoms with Gasteiger partial charge in [-0.05, 0) is 37.3 Å². The summed E-state index contributed by atoms with van der Waals surface area (Å²) in [4.78, 5) is 42.3. The number of hydrogen-bond donors (Lipinski definition) is 1. The third kappa shape index (κ3) is 3.28. The molecule has 154 valence electrons. The first-order chi connectivity index (χ1) is 14.6. The molecule has 0 atom stereocenters. The van der Waals surface area contributed by atoms with E-state index in [2.05, 4.69) is 11.4 Å². The highest BCUT2D eigenvalue weighted by Crippen LogP contribution is 2.36. The van der Waals surface area contributed by atoms with Crippen LogP contribution in [0, 0.1) is 0 Å². The van der Waals surface area contributed by atoms with Crippen LogP contribution in [0.2, 0.25) is 0 Å². The topological polar surface area (TPSA) is 69.7 Å². The minimum absolute atomic E-state index is 0.244. The fourth-order valence-corrected chi connectivity index (χ4v) is 4.31. The molecule has 2 aromatic rings. The van der Waals surface area contributed by atoms with Crippen LogP contribution in [0.4, 0.5) is 4.79 Å². The highest BCUT2D eigenvalue weighted by atomic mass is 16.2. The second kappa shape index (κ2) is 8.14. The Morgan fingerprint density at radius 1 is 1.03 bits per heavy atom. The molecule has 1 saturated heterocycles. The van der Waals surface area contributed by atoms with E-state index in [1.165, 1.54) is 0 Å². The largest absolute Gasteiger partial charge is 0.326 e. The summed E-state index contributed by atoms with van der Waals surface area (Å²) in [6, 6.07) is 17.8. The molecule has 0 spiro atoms. The van der Waals surface area contributed by atoms with Crippen LogP contribution in [0.25, 0.3) is 0 Å². The molecule has 0 aromatic heterocycles. The van der Waals surface area contributed by atoms with Crippen LogP contribution in [0.3, 0.4) is 0 Å². The van der Waals surface area contributed by atoms with Crippen molar-refractivity contribution >= 4 is 17.8 Å². The molecule has 4 amide bonds. The molecule has 1 fully saturated rings. The van der Waals surface area contributed by atoms with Gasteiger partial charge >= 0.3 is 6.03 Å². The minimum atomic E-state index is -1.34. The van der Waals surface area contributed by atoms with Crippen LogP contribution in [0.1, 0.15) is 37.3 Å². The van der Waals surface area contributed by atoms with Crippen molar-refractivity contribution < 1.29 is 14.4 Å². The van der Waals surface area contributed by atoms with Crippen LogP contribution in [0.5, 0.6) is 0 Å². The van der Waals surface area contributed by atoms with Crippen LogP contribution in [0.15, 0.2) is 72.4 Å². The molecule has 1 heterocycles. The van der Waals surface area contributed by atoms with Crippen molar-refractivity contribution in [2.24, 2.45) is 0 Å². The zero-order valence-electron chi connectivity index (χ0n) is 17.0. The number of imide groups is 1. The molecule has 4 rings (SSSR count). The van der Waals surface area contributed by atoms with Crippen LogP contribution in [-0.4, -0.2) is 40.7 Å². The van der Waals surface area contributed by atoms with Crippen molar-refractivity contribution in [3.8, 4) is 0 Å². The van der Waals surface area contributed by atoms with Crippen molar-refractivity contribution in [2.45, 2.75) is 31.7 Å². The molecule has 1 aliphatic heterocycles. The summed E-state index contributed by atoms with van der Waals surface area (Å²) in [5.74, 6) is -0.680. The third-order valence-corrected chi connectivity index (χ3v) is 5.79. The average molecular weight is 403 g/mol. The van der Waals surface area contributed by atoms with Crippen molar-refractivity contribution in [3.63, 3.8) is 0 Å². The summed E-state index contributed by atoms with van der Waals surface area (Å²) in [5, 5.41) is 2.88. The van der Waals surface area contributed by atoms with Gasteiger partial charge in [0.15, 0.2) is 5.54 Å². The monoisotopic (exact) mass is 403 g/mol. The van der Waals surface area contributed by atoms with Crippen LogP contribution >= 0.6 is 0 Å². The lowest BCUT2D eigenvalue weighted by Gasteiger charge is -2.28. The van der Waals surface area contributed by atoms with Crippen molar-refractivity contribution in [2.75, 3.05) is 13.1 Å². The predicted octanol–water partition coefficient (Wildman–Crippen LogP) is 3.40. The first-order valence-corrected chi connectivity index (χ1v) is 10.3. The van der Waals surface area contributed by atoms with E-state index in [-0.39, 0.29) is 12.5 Å². The van der Waals surface area contributed by atoms with E-state index >= 15 is 0 Å². The zero-order chi connectivity index (χ0) is 21.1. The Balaban J connectivity index is 1.68. The van der Waals surface area contributed by atoms with E-state index in [0.29, 0.717) is 17.7 Å². The summed E-state index contributed by atoms with van der Waals surface area (Å²) >= 11 is 0. The molecule has 30 heavy (non-hydrogen) atoms. The van der Waals surface area contributed by atoms with Crippen LogP contribution in [-0.2, 0) is 15.1 Å². The van der Waals surface area contributed by atoms with E-state index < -0.39 is 17.5 Å². The third-order valence-electron chi connectivity index (χ3n) is 5.79. The van der Waals surface area contributed by atoms with Gasteiger partial charge in [-0.2, -0.15) is 0 Å². The standard InChI is InChI=1S/C24H25N3O3/c1-2-26(20-15-9-10-16-20)21(28)17-27-22(29)24(25-23(27)30,18-11-5-3-6-12-18)19-13-7-4-8-14-19/h3-8,11-15H,2,9-10,16-17H2,1H3,(H,25,30). The number of rotatable bonds is 6. The van der Waals surface area contributed by atoms with E-state index in [9.17, 15) is 14.4 Å². The lowest BCUT2D eigenvalue weighted by Crippen LogP contribution is -2.46. The van der Waals surface area contributed by atoms with Gasteiger partial charge in [-0.15, -0.1) is 0 Å². The number of allylic oxidation sites excluding steroid dienone is 2. The number of amides is 4. The van der Waals surface area contributed by atoms with Crippen molar-refractivity contribution in [3.05, 3.63) is 83.6 Å². The van der Waals surface area contributed by atoms with Gasteiger partial charge in [0.2, 0.25) is 5.91 Å². The number of likely N-dealkylation sites (N-methyl/N-ethyl adjacent to an activating group) is 1. The maximum atomic E-state index is 13.7. The fraction of sp³-hybridized carbons (Fsp3) is 0.292. The van der Waals surface area contributed by atoms with E-state index in [1.54, 1.807) is 4.90 Å². The Labute approximate surface area is 176 Å². The van der Waals surface area contributed by atoms with Gasteiger partial charge in [-0.3, -0.25) is 14.5 Å². The highest BCUT2D eigenvalue weighted by molar-refractivity contribution is 6.11. The predicted molar refractivity (Wildman–Crippen MR) is 113 cm³/mol. The Bertz CT molecular complexity index is 946. The number of nitrogens with one attached hydrogen (secondary N) is 1. The summed E-state index contributed by atoms with van der Waals surface area (Å²) in [7, 11) is 0. The maximum Gasteiger partial charge on any atom is 0.326 e. The molecule has 6 nitrogen and oxygen atoms in total. The Kier molecular flexibility index (Phi) is 5.40. The number of urea groups is 1. The Morgan fingerprint density at radius 3 is 2.13 bits per heavy atom. The molecule has 0 unspecified atom stereocenters. The number of carbonyl (C=O) groups excluding carboxylic acids is 3. The van der Waals surface area contributed by atoms with Gasteiger partial charge in [0, 0.05) is 12.2 Å². The zero-order valence-corrected chi connectivity index (χ0v) is 17.0.